The smallest absolute Gasteiger partial charge is 0.306 e. The molecule has 120 valence electrons. The molecular weight excluding hydrogens is 294 g/mol. The van der Waals surface area contributed by atoms with Gasteiger partial charge in [0.05, 0.1) is 5.92 Å². The molecule has 0 aliphatic heterocycles. The quantitative estimate of drug-likeness (QED) is 0.764. The van der Waals surface area contributed by atoms with Gasteiger partial charge in [-0.3, -0.25) is 14.7 Å². The van der Waals surface area contributed by atoms with E-state index in [4.69, 9.17) is 5.11 Å². The Kier molecular flexibility index (Phi) is 4.14. The van der Waals surface area contributed by atoms with E-state index < -0.39 is 11.9 Å². The maximum Gasteiger partial charge on any atom is 0.306 e. The van der Waals surface area contributed by atoms with Gasteiger partial charge in [-0.1, -0.05) is 19.1 Å². The molecule has 3 rings (SSSR count). The minimum atomic E-state index is -0.813. The van der Waals surface area contributed by atoms with Gasteiger partial charge < -0.3 is 10.4 Å². The van der Waals surface area contributed by atoms with Crippen LogP contribution in [0.5, 0.6) is 0 Å². The molecule has 0 saturated heterocycles. The average Bonchev–Trinajstić information content (AvgIpc) is 3.26. The molecule has 1 amide bonds. The molecule has 1 saturated carbocycles. The van der Waals surface area contributed by atoms with Crippen LogP contribution in [-0.2, 0) is 11.2 Å². The zero-order valence-corrected chi connectivity index (χ0v) is 12.9. The van der Waals surface area contributed by atoms with Crippen molar-refractivity contribution in [3.05, 3.63) is 47.3 Å². The lowest BCUT2D eigenvalue weighted by Gasteiger charge is -2.08. The van der Waals surface area contributed by atoms with E-state index in [1.807, 2.05) is 12.1 Å². The lowest BCUT2D eigenvalue weighted by molar-refractivity contribution is -0.141. The zero-order chi connectivity index (χ0) is 16.4. The largest absolute Gasteiger partial charge is 0.481 e. The lowest BCUT2D eigenvalue weighted by Crippen LogP contribution is -2.13. The van der Waals surface area contributed by atoms with Crippen LogP contribution < -0.4 is 5.32 Å². The van der Waals surface area contributed by atoms with Gasteiger partial charge in [-0.15, -0.1) is 0 Å². The van der Waals surface area contributed by atoms with E-state index in [-0.39, 0.29) is 5.91 Å². The SMILES string of the molecule is CC(Cc1ccc(NC(=O)c2cc(C3CC3)[nH]n2)cc1)C(=O)O. The van der Waals surface area contributed by atoms with Gasteiger partial charge in [0.25, 0.3) is 5.91 Å². The molecule has 6 heteroatoms. The van der Waals surface area contributed by atoms with Crippen molar-refractivity contribution in [2.75, 3.05) is 5.32 Å². The number of nitrogens with one attached hydrogen (secondary N) is 2. The van der Waals surface area contributed by atoms with E-state index >= 15 is 0 Å². The van der Waals surface area contributed by atoms with Crippen molar-refractivity contribution in [3.63, 3.8) is 0 Å². The van der Waals surface area contributed by atoms with Crippen molar-refractivity contribution >= 4 is 17.6 Å². The number of carbonyl (C=O) groups excluding carboxylic acids is 1. The van der Waals surface area contributed by atoms with Gasteiger partial charge in [-0.25, -0.2) is 0 Å². The van der Waals surface area contributed by atoms with Gasteiger partial charge >= 0.3 is 5.97 Å². The fourth-order valence-corrected chi connectivity index (χ4v) is 2.42. The predicted octanol–water partition coefficient (Wildman–Crippen LogP) is 2.80. The van der Waals surface area contributed by atoms with Crippen LogP contribution >= 0.6 is 0 Å². The van der Waals surface area contributed by atoms with Gasteiger partial charge in [-0.2, -0.15) is 5.10 Å². The molecule has 1 fully saturated rings. The number of H-pyrrole nitrogens is 1. The molecule has 1 aromatic heterocycles. The summed E-state index contributed by atoms with van der Waals surface area (Å²) in [5.41, 5.74) is 3.00. The highest BCUT2D eigenvalue weighted by Crippen LogP contribution is 2.39. The van der Waals surface area contributed by atoms with Crippen molar-refractivity contribution < 1.29 is 14.7 Å². The van der Waals surface area contributed by atoms with Gasteiger partial charge in [0, 0.05) is 17.3 Å². The first-order chi connectivity index (χ1) is 11.0. The molecule has 1 aliphatic rings. The Morgan fingerprint density at radius 3 is 2.65 bits per heavy atom. The minimum Gasteiger partial charge on any atom is -0.481 e. The first kappa shape index (κ1) is 15.3. The number of benzene rings is 1. The molecule has 1 heterocycles. The summed E-state index contributed by atoms with van der Waals surface area (Å²) in [6.45, 7) is 1.67. The number of hydrogen-bond donors (Lipinski definition) is 3. The van der Waals surface area contributed by atoms with Crippen molar-refractivity contribution in [2.45, 2.75) is 32.1 Å². The molecule has 6 nitrogen and oxygen atoms in total. The zero-order valence-electron chi connectivity index (χ0n) is 12.9. The summed E-state index contributed by atoms with van der Waals surface area (Å²) in [5, 5.41) is 18.7. The lowest BCUT2D eigenvalue weighted by atomic mass is 10.0. The van der Waals surface area contributed by atoms with Crippen LogP contribution in [0.4, 0.5) is 5.69 Å². The maximum absolute atomic E-state index is 12.2. The minimum absolute atomic E-state index is 0.250. The van der Waals surface area contributed by atoms with E-state index in [2.05, 4.69) is 15.5 Å². The number of aromatic amines is 1. The fourth-order valence-electron chi connectivity index (χ4n) is 2.42. The normalized spacial score (nSPS) is 15.2. The van der Waals surface area contributed by atoms with Crippen molar-refractivity contribution in [3.8, 4) is 0 Å². The third kappa shape index (κ3) is 3.77. The van der Waals surface area contributed by atoms with Gasteiger partial charge in [-0.05, 0) is 43.0 Å². The van der Waals surface area contributed by atoms with E-state index in [0.717, 1.165) is 24.1 Å². The summed E-state index contributed by atoms with van der Waals surface area (Å²) >= 11 is 0. The van der Waals surface area contributed by atoms with Crippen LogP contribution in [0.15, 0.2) is 30.3 Å². The number of aromatic nitrogens is 2. The number of hydrogen-bond acceptors (Lipinski definition) is 3. The molecule has 3 N–H and O–H groups in total. The molecule has 0 radical (unpaired) electrons. The third-order valence-corrected chi connectivity index (χ3v) is 4.02. The Morgan fingerprint density at radius 1 is 1.35 bits per heavy atom. The number of amides is 1. The Labute approximate surface area is 133 Å². The first-order valence-electron chi connectivity index (χ1n) is 7.71. The summed E-state index contributed by atoms with van der Waals surface area (Å²) in [7, 11) is 0. The highest BCUT2D eigenvalue weighted by atomic mass is 16.4. The third-order valence-electron chi connectivity index (χ3n) is 4.02. The molecule has 23 heavy (non-hydrogen) atoms. The standard InChI is InChI=1S/C17H19N3O3/c1-10(17(22)23)8-11-2-6-13(7-3-11)18-16(21)15-9-14(19-20-15)12-4-5-12/h2-3,6-7,9-10,12H,4-5,8H2,1H3,(H,18,21)(H,19,20)(H,22,23). The first-order valence-corrected chi connectivity index (χ1v) is 7.71. The summed E-state index contributed by atoms with van der Waals surface area (Å²) in [4.78, 5) is 23.0. The molecule has 1 unspecified atom stereocenters. The van der Waals surface area contributed by atoms with Gasteiger partial charge in [0.1, 0.15) is 0 Å². The van der Waals surface area contributed by atoms with Crippen molar-refractivity contribution in [1.29, 1.82) is 0 Å². The van der Waals surface area contributed by atoms with Crippen molar-refractivity contribution in [2.24, 2.45) is 5.92 Å². The van der Waals surface area contributed by atoms with E-state index in [9.17, 15) is 9.59 Å². The van der Waals surface area contributed by atoms with E-state index in [1.165, 1.54) is 0 Å². The highest BCUT2D eigenvalue weighted by molar-refractivity contribution is 6.02. The van der Waals surface area contributed by atoms with Gasteiger partial charge in [0.2, 0.25) is 0 Å². The molecule has 1 atom stereocenters. The molecule has 0 bridgehead atoms. The predicted molar refractivity (Wildman–Crippen MR) is 85.5 cm³/mol. The number of nitrogens with zero attached hydrogens (tertiary/aromatic N) is 1. The van der Waals surface area contributed by atoms with E-state index in [1.54, 1.807) is 25.1 Å². The van der Waals surface area contributed by atoms with Crippen molar-refractivity contribution in [1.82, 2.24) is 10.2 Å². The van der Waals surface area contributed by atoms with Gasteiger partial charge in [0.15, 0.2) is 5.69 Å². The van der Waals surface area contributed by atoms with Crippen LogP contribution in [0.1, 0.15) is 47.4 Å². The Balaban J connectivity index is 1.60. The molecule has 1 aliphatic carbocycles. The molecular formula is C17H19N3O3. The fraction of sp³-hybridized carbons (Fsp3) is 0.353. The number of carboxylic acid groups (broad SMARTS) is 1. The number of carboxylic acids is 1. The monoisotopic (exact) mass is 313 g/mol. The molecule has 2 aromatic rings. The van der Waals surface area contributed by atoms with Crippen LogP contribution in [0.2, 0.25) is 0 Å². The second-order valence-corrected chi connectivity index (χ2v) is 6.08. The van der Waals surface area contributed by atoms with Crippen LogP contribution in [-0.4, -0.2) is 27.2 Å². The molecule has 1 aromatic carbocycles. The second-order valence-electron chi connectivity index (χ2n) is 6.08. The number of aliphatic carboxylic acids is 1. The van der Waals surface area contributed by atoms with Crippen LogP contribution in [0.25, 0.3) is 0 Å². The Morgan fingerprint density at radius 2 is 2.04 bits per heavy atom. The van der Waals surface area contributed by atoms with E-state index in [0.29, 0.717) is 23.7 Å². The summed E-state index contributed by atoms with van der Waals surface area (Å²) in [5.74, 6) is -0.966. The second kappa shape index (κ2) is 6.24. The van der Waals surface area contributed by atoms with Crippen LogP contribution in [0, 0.1) is 5.92 Å². The van der Waals surface area contributed by atoms with Crippen LogP contribution in [0.3, 0.4) is 0 Å². The average molecular weight is 313 g/mol. The summed E-state index contributed by atoms with van der Waals surface area (Å²) in [6, 6.07) is 9.01. The number of anilines is 1. The molecule has 0 spiro atoms. The highest BCUT2D eigenvalue weighted by Gasteiger charge is 2.26. The topological polar surface area (TPSA) is 95.1 Å². The maximum atomic E-state index is 12.2. The Bertz CT molecular complexity index is 717. The Hall–Kier alpha value is -2.63. The number of carbonyl (C=O) groups is 2. The summed E-state index contributed by atoms with van der Waals surface area (Å²) in [6.07, 6.45) is 2.77. The number of rotatable bonds is 6. The summed E-state index contributed by atoms with van der Waals surface area (Å²) < 4.78 is 0.